The van der Waals surface area contributed by atoms with E-state index in [2.05, 4.69) is 19.2 Å². The lowest BCUT2D eigenvalue weighted by molar-refractivity contribution is -0.952. The van der Waals surface area contributed by atoms with E-state index >= 15 is 0 Å². The standard InChI is InChI=1S/C31H40NO5/c1-32(16-20-4-5-20)12-11-30-26-22-6-7-24(33-2)27(26)37-28(30)31(34-3)10-9-29(30,25(32)14-22)15-23(31)19-36-18-21-8-13-35-17-21/h6-8,13,17,20,23,25,28H,4-5,9-12,14-16,18-19H2,1-3H3/q+1/t23-,25-,28-,29-,30+,31-,32?/m1/s1. The van der Waals surface area contributed by atoms with Crippen LogP contribution in [0.15, 0.2) is 35.1 Å². The third-order valence-corrected chi connectivity index (χ3v) is 11.9. The molecule has 9 rings (SSSR count). The molecule has 6 nitrogen and oxygen atoms in total. The first-order valence-electron chi connectivity index (χ1n) is 14.3. The van der Waals surface area contributed by atoms with Crippen molar-refractivity contribution in [2.24, 2.45) is 17.3 Å². The van der Waals surface area contributed by atoms with Gasteiger partial charge in [0.05, 0.1) is 64.4 Å². The van der Waals surface area contributed by atoms with Gasteiger partial charge in [-0.2, -0.15) is 0 Å². The summed E-state index contributed by atoms with van der Waals surface area (Å²) in [7, 11) is 6.28. The van der Waals surface area contributed by atoms with Gasteiger partial charge in [-0.1, -0.05) is 6.07 Å². The number of methoxy groups -OCH3 is 2. The fraction of sp³-hybridized carbons (Fsp3) is 0.677. The third-order valence-electron chi connectivity index (χ3n) is 11.9. The average Bonchev–Trinajstić information content (AvgIpc) is 3.40. The Morgan fingerprint density at radius 1 is 1.11 bits per heavy atom. The second-order valence-corrected chi connectivity index (χ2v) is 13.3. The number of ether oxygens (including phenoxy) is 4. The molecular weight excluding hydrogens is 466 g/mol. The molecule has 198 valence electrons. The molecule has 2 aromatic rings. The molecule has 37 heavy (non-hydrogen) atoms. The van der Waals surface area contributed by atoms with Gasteiger partial charge in [-0.3, -0.25) is 0 Å². The molecule has 4 saturated carbocycles. The van der Waals surface area contributed by atoms with E-state index in [-0.39, 0.29) is 22.5 Å². The Balaban J connectivity index is 1.26. The molecular formula is C31H40NO5+. The number of rotatable bonds is 8. The SMILES string of the molecule is COc1ccc2c3c1O[C@H]1[C@@]4(OC)CC[C@@]5(C[C@@H]4COCc4ccoc4)[C@@H](C2)[N+](C)(CC2CC2)CC[C@]315. The normalized spacial score (nSPS) is 42.4. The van der Waals surface area contributed by atoms with Gasteiger partial charge in [0.2, 0.25) is 0 Å². The first-order chi connectivity index (χ1) is 18.0. The van der Waals surface area contributed by atoms with Gasteiger partial charge in [-0.25, -0.2) is 0 Å². The first kappa shape index (κ1) is 22.9. The number of hydrogen-bond acceptors (Lipinski definition) is 5. The van der Waals surface area contributed by atoms with Gasteiger partial charge in [0.15, 0.2) is 11.5 Å². The van der Waals surface area contributed by atoms with Crippen LogP contribution in [0.4, 0.5) is 0 Å². The minimum atomic E-state index is -0.349. The van der Waals surface area contributed by atoms with Crippen LogP contribution >= 0.6 is 0 Å². The number of likely N-dealkylation sites (tertiary alicyclic amines) is 1. The number of piperidine rings is 1. The van der Waals surface area contributed by atoms with E-state index in [0.717, 1.165) is 42.2 Å². The Morgan fingerprint density at radius 2 is 2.00 bits per heavy atom. The Bertz CT molecular complexity index is 1220. The van der Waals surface area contributed by atoms with Crippen LogP contribution in [0.3, 0.4) is 0 Å². The molecule has 5 aliphatic carbocycles. The van der Waals surface area contributed by atoms with Crippen molar-refractivity contribution in [3.8, 4) is 11.5 Å². The third kappa shape index (κ3) is 2.72. The van der Waals surface area contributed by atoms with E-state index in [0.29, 0.717) is 25.2 Å². The van der Waals surface area contributed by atoms with E-state index in [4.69, 9.17) is 23.4 Å². The number of benzene rings is 1. The highest BCUT2D eigenvalue weighted by Crippen LogP contribution is 2.77. The van der Waals surface area contributed by atoms with E-state index in [1.807, 2.05) is 13.2 Å². The molecule has 1 aromatic carbocycles. The van der Waals surface area contributed by atoms with Crippen LogP contribution in [0.1, 0.15) is 55.2 Å². The van der Waals surface area contributed by atoms with Gasteiger partial charge < -0.3 is 27.8 Å². The molecule has 0 amide bonds. The summed E-state index contributed by atoms with van der Waals surface area (Å²) in [4.78, 5) is 0. The second kappa shape index (κ2) is 7.55. The van der Waals surface area contributed by atoms with Gasteiger partial charge in [0.1, 0.15) is 11.7 Å². The summed E-state index contributed by atoms with van der Waals surface area (Å²) >= 11 is 0. The predicted molar refractivity (Wildman–Crippen MR) is 138 cm³/mol. The Hall–Kier alpha value is -2.02. The zero-order chi connectivity index (χ0) is 25.0. The van der Waals surface area contributed by atoms with Gasteiger partial charge >= 0.3 is 0 Å². The van der Waals surface area contributed by atoms with Gasteiger partial charge in [-0.15, -0.1) is 0 Å². The molecule has 5 fully saturated rings. The fourth-order valence-corrected chi connectivity index (χ4v) is 10.3. The lowest BCUT2D eigenvalue weighted by Crippen LogP contribution is -2.83. The number of furan rings is 1. The number of nitrogens with zero attached hydrogens (tertiary/aromatic N) is 1. The fourth-order valence-electron chi connectivity index (χ4n) is 10.3. The summed E-state index contributed by atoms with van der Waals surface area (Å²) in [5.74, 6) is 3.11. The van der Waals surface area contributed by atoms with Gasteiger partial charge in [0, 0.05) is 48.3 Å². The first-order valence-corrected chi connectivity index (χ1v) is 14.3. The van der Waals surface area contributed by atoms with Crippen LogP contribution < -0.4 is 9.47 Å². The van der Waals surface area contributed by atoms with Crippen molar-refractivity contribution in [2.75, 3.05) is 41.0 Å². The summed E-state index contributed by atoms with van der Waals surface area (Å²) in [6.45, 7) is 3.84. The average molecular weight is 507 g/mol. The Morgan fingerprint density at radius 3 is 2.76 bits per heavy atom. The van der Waals surface area contributed by atoms with Crippen LogP contribution in [0.5, 0.6) is 11.5 Å². The molecule has 1 aromatic heterocycles. The van der Waals surface area contributed by atoms with Gasteiger partial charge in [0.25, 0.3) is 0 Å². The zero-order valence-corrected chi connectivity index (χ0v) is 22.5. The van der Waals surface area contributed by atoms with E-state index < -0.39 is 0 Å². The molecule has 3 heterocycles. The molecule has 2 spiro atoms. The lowest BCUT2D eigenvalue weighted by atomic mass is 9.34. The van der Waals surface area contributed by atoms with Crippen molar-refractivity contribution in [1.82, 2.24) is 0 Å². The van der Waals surface area contributed by atoms with Crippen LogP contribution in [0, 0.1) is 17.3 Å². The maximum atomic E-state index is 7.14. The van der Waals surface area contributed by atoms with Crippen LogP contribution in [0.2, 0.25) is 0 Å². The van der Waals surface area contributed by atoms with Crippen molar-refractivity contribution in [1.29, 1.82) is 0 Å². The summed E-state index contributed by atoms with van der Waals surface area (Å²) in [5, 5.41) is 0. The summed E-state index contributed by atoms with van der Waals surface area (Å²) in [6.07, 6.45) is 12.1. The Kier molecular flexibility index (Phi) is 4.67. The quantitative estimate of drug-likeness (QED) is 0.478. The molecule has 1 unspecified atom stereocenters. The summed E-state index contributed by atoms with van der Waals surface area (Å²) in [6, 6.07) is 7.11. The van der Waals surface area contributed by atoms with Crippen molar-refractivity contribution in [3.63, 3.8) is 0 Å². The smallest absolute Gasteiger partial charge is 0.165 e. The summed E-state index contributed by atoms with van der Waals surface area (Å²) in [5.41, 5.74) is 3.92. The highest BCUT2D eigenvalue weighted by atomic mass is 16.6. The highest BCUT2D eigenvalue weighted by molar-refractivity contribution is 5.63. The Labute approximate surface area is 219 Å². The number of hydrogen-bond donors (Lipinski definition) is 0. The van der Waals surface area contributed by atoms with Gasteiger partial charge in [-0.05, 0) is 49.8 Å². The molecule has 6 heteroatoms. The van der Waals surface area contributed by atoms with Crippen molar-refractivity contribution in [2.45, 2.75) is 74.7 Å². The predicted octanol–water partition coefficient (Wildman–Crippen LogP) is 4.87. The highest BCUT2D eigenvalue weighted by Gasteiger charge is 2.83. The van der Waals surface area contributed by atoms with Crippen LogP contribution in [0.25, 0.3) is 0 Å². The number of fused-ring (bicyclic) bond motifs is 2. The monoisotopic (exact) mass is 506 g/mol. The van der Waals surface area contributed by atoms with E-state index in [1.54, 1.807) is 19.6 Å². The molecule has 7 aliphatic rings. The largest absolute Gasteiger partial charge is 0.493 e. The minimum Gasteiger partial charge on any atom is -0.493 e. The molecule has 1 saturated heterocycles. The van der Waals surface area contributed by atoms with Crippen molar-refractivity contribution >= 4 is 0 Å². The molecule has 0 radical (unpaired) electrons. The maximum absolute atomic E-state index is 7.14. The molecule has 4 bridgehead atoms. The lowest BCUT2D eigenvalue weighted by Gasteiger charge is -2.74. The topological polar surface area (TPSA) is 50.1 Å². The second-order valence-electron chi connectivity index (χ2n) is 13.3. The van der Waals surface area contributed by atoms with Crippen LogP contribution in [-0.2, 0) is 27.9 Å². The number of quaternary nitrogens is 1. The maximum Gasteiger partial charge on any atom is 0.165 e. The molecule has 0 N–H and O–H groups in total. The van der Waals surface area contributed by atoms with E-state index in [9.17, 15) is 0 Å². The number of likely N-dealkylation sites (N-methyl/N-ethyl adjacent to an activating group) is 1. The molecule has 7 atom stereocenters. The van der Waals surface area contributed by atoms with Crippen LogP contribution in [-0.4, -0.2) is 63.2 Å². The summed E-state index contributed by atoms with van der Waals surface area (Å²) < 4.78 is 32.6. The van der Waals surface area contributed by atoms with Crippen molar-refractivity contribution in [3.05, 3.63) is 47.4 Å². The zero-order valence-electron chi connectivity index (χ0n) is 22.5. The minimum absolute atomic E-state index is 0.00571. The van der Waals surface area contributed by atoms with E-state index in [1.165, 1.54) is 54.4 Å². The van der Waals surface area contributed by atoms with Crippen molar-refractivity contribution < 1.29 is 27.8 Å². The molecule has 2 aliphatic heterocycles.